The third kappa shape index (κ3) is 4.75. The van der Waals surface area contributed by atoms with E-state index in [-0.39, 0.29) is 5.60 Å². The van der Waals surface area contributed by atoms with Crippen molar-refractivity contribution in [3.05, 3.63) is 33.8 Å². The first-order valence-corrected chi connectivity index (χ1v) is 7.03. The van der Waals surface area contributed by atoms with Crippen LogP contribution in [0.2, 0.25) is 0 Å². The number of ether oxygens (including phenoxy) is 1. The van der Waals surface area contributed by atoms with E-state index in [1.807, 2.05) is 13.8 Å². The van der Waals surface area contributed by atoms with Crippen molar-refractivity contribution in [2.24, 2.45) is 5.73 Å². The van der Waals surface area contributed by atoms with Crippen LogP contribution in [0.4, 0.5) is 13.2 Å². The Balaban J connectivity index is 2.90. The second-order valence-electron chi connectivity index (χ2n) is 5.34. The Morgan fingerprint density at radius 1 is 1.30 bits per heavy atom. The highest BCUT2D eigenvalue weighted by molar-refractivity contribution is 9.10. The molecular formula is C14H19BrF3NO. The van der Waals surface area contributed by atoms with Gasteiger partial charge in [-0.25, -0.2) is 0 Å². The van der Waals surface area contributed by atoms with Crippen LogP contribution in [0.15, 0.2) is 22.7 Å². The second kappa shape index (κ2) is 6.45. The van der Waals surface area contributed by atoms with Gasteiger partial charge in [0.2, 0.25) is 0 Å². The van der Waals surface area contributed by atoms with Crippen molar-refractivity contribution in [1.82, 2.24) is 0 Å². The van der Waals surface area contributed by atoms with E-state index in [1.54, 1.807) is 7.11 Å². The van der Waals surface area contributed by atoms with Crippen LogP contribution in [0, 0.1) is 0 Å². The molecule has 2 N–H and O–H groups in total. The summed E-state index contributed by atoms with van der Waals surface area (Å²) < 4.78 is 44.0. The number of methoxy groups -OCH3 is 1. The van der Waals surface area contributed by atoms with Gasteiger partial charge >= 0.3 is 6.18 Å². The number of halogens is 4. The van der Waals surface area contributed by atoms with Crippen molar-refractivity contribution in [1.29, 1.82) is 0 Å². The molecule has 0 aromatic heterocycles. The fraction of sp³-hybridized carbons (Fsp3) is 0.571. The summed E-state index contributed by atoms with van der Waals surface area (Å²) >= 11 is 3.26. The average Bonchev–Trinajstić information content (AvgIpc) is 2.35. The molecule has 0 saturated heterocycles. The van der Waals surface area contributed by atoms with Crippen LogP contribution in [0.1, 0.15) is 43.9 Å². The molecule has 0 radical (unpaired) electrons. The minimum Gasteiger partial charge on any atom is -0.379 e. The van der Waals surface area contributed by atoms with Crippen molar-refractivity contribution in [2.45, 2.75) is 44.5 Å². The molecule has 2 nitrogen and oxygen atoms in total. The molecule has 0 spiro atoms. The molecule has 0 amide bonds. The molecule has 0 fully saturated rings. The maximum absolute atomic E-state index is 12.7. The monoisotopic (exact) mass is 353 g/mol. The fourth-order valence-electron chi connectivity index (χ4n) is 1.76. The van der Waals surface area contributed by atoms with Gasteiger partial charge in [-0.05, 0) is 50.5 Å². The van der Waals surface area contributed by atoms with E-state index in [1.165, 1.54) is 6.07 Å². The van der Waals surface area contributed by atoms with E-state index >= 15 is 0 Å². The zero-order valence-electron chi connectivity index (χ0n) is 11.7. The van der Waals surface area contributed by atoms with Crippen molar-refractivity contribution in [3.8, 4) is 0 Å². The molecule has 6 heteroatoms. The van der Waals surface area contributed by atoms with Crippen molar-refractivity contribution < 1.29 is 17.9 Å². The Bertz CT molecular complexity index is 460. The van der Waals surface area contributed by atoms with E-state index < -0.39 is 17.8 Å². The highest BCUT2D eigenvalue weighted by Crippen LogP contribution is 2.35. The molecular weight excluding hydrogens is 335 g/mol. The Kier molecular flexibility index (Phi) is 5.63. The van der Waals surface area contributed by atoms with Gasteiger partial charge in [-0.2, -0.15) is 13.2 Å². The van der Waals surface area contributed by atoms with Gasteiger partial charge in [0, 0.05) is 17.6 Å². The summed E-state index contributed by atoms with van der Waals surface area (Å²) in [6.07, 6.45) is -3.16. The first kappa shape index (κ1) is 17.5. The molecule has 0 bridgehead atoms. The molecule has 1 atom stereocenters. The fourth-order valence-corrected chi connectivity index (χ4v) is 2.31. The molecule has 0 heterocycles. The summed E-state index contributed by atoms with van der Waals surface area (Å²) in [6.45, 7) is 3.84. The van der Waals surface area contributed by atoms with Crippen LogP contribution in [0.25, 0.3) is 0 Å². The lowest BCUT2D eigenvalue weighted by Gasteiger charge is -2.25. The predicted molar refractivity (Wildman–Crippen MR) is 76.4 cm³/mol. The van der Waals surface area contributed by atoms with E-state index in [0.29, 0.717) is 22.9 Å². The molecule has 1 rings (SSSR count). The summed E-state index contributed by atoms with van der Waals surface area (Å²) in [7, 11) is 1.60. The topological polar surface area (TPSA) is 35.2 Å². The number of rotatable bonds is 5. The predicted octanol–water partition coefficient (Wildman–Crippen LogP) is 4.67. The zero-order chi connectivity index (χ0) is 15.6. The molecule has 0 aliphatic carbocycles. The molecule has 0 aliphatic rings. The Morgan fingerprint density at radius 3 is 2.40 bits per heavy atom. The third-order valence-corrected chi connectivity index (χ3v) is 4.05. The Morgan fingerprint density at radius 2 is 1.90 bits per heavy atom. The largest absolute Gasteiger partial charge is 0.416 e. The highest BCUT2D eigenvalue weighted by Gasteiger charge is 2.31. The van der Waals surface area contributed by atoms with Crippen LogP contribution in [0.5, 0.6) is 0 Å². The van der Waals surface area contributed by atoms with Gasteiger partial charge in [-0.15, -0.1) is 0 Å². The Labute approximate surface area is 125 Å². The molecule has 1 aromatic rings. The maximum atomic E-state index is 12.7. The lowest BCUT2D eigenvalue weighted by molar-refractivity contribution is -0.137. The van der Waals surface area contributed by atoms with E-state index in [9.17, 15) is 13.2 Å². The van der Waals surface area contributed by atoms with Crippen LogP contribution >= 0.6 is 15.9 Å². The highest BCUT2D eigenvalue weighted by atomic mass is 79.9. The minimum atomic E-state index is -4.36. The first-order valence-electron chi connectivity index (χ1n) is 6.24. The zero-order valence-corrected chi connectivity index (χ0v) is 13.3. The number of alkyl halides is 3. The molecule has 114 valence electrons. The second-order valence-corrected chi connectivity index (χ2v) is 6.20. The lowest BCUT2D eigenvalue weighted by atomic mass is 9.94. The number of hydrogen-bond acceptors (Lipinski definition) is 2. The smallest absolute Gasteiger partial charge is 0.379 e. The van der Waals surface area contributed by atoms with Gasteiger partial charge in [0.05, 0.1) is 11.2 Å². The molecule has 0 aliphatic heterocycles. The van der Waals surface area contributed by atoms with E-state index in [2.05, 4.69) is 15.9 Å². The Hall–Kier alpha value is -0.590. The molecule has 1 aromatic carbocycles. The molecule has 0 saturated carbocycles. The van der Waals surface area contributed by atoms with E-state index in [0.717, 1.165) is 12.1 Å². The van der Waals surface area contributed by atoms with Gasteiger partial charge in [0.15, 0.2) is 0 Å². The maximum Gasteiger partial charge on any atom is 0.416 e. The SMILES string of the molecule is COC(C)(C)CCC(N)c1cc(C(F)(F)F)ccc1Br. The molecule has 1 unspecified atom stereocenters. The van der Waals surface area contributed by atoms with Crippen LogP contribution < -0.4 is 5.73 Å². The average molecular weight is 354 g/mol. The van der Waals surface area contributed by atoms with Gasteiger partial charge in [0.1, 0.15) is 0 Å². The number of nitrogens with two attached hydrogens (primary N) is 1. The number of benzene rings is 1. The van der Waals surface area contributed by atoms with Crippen molar-refractivity contribution in [3.63, 3.8) is 0 Å². The first-order chi connectivity index (χ1) is 9.07. The molecule has 20 heavy (non-hydrogen) atoms. The van der Waals surface area contributed by atoms with Crippen LogP contribution in [-0.2, 0) is 10.9 Å². The lowest BCUT2D eigenvalue weighted by Crippen LogP contribution is -2.25. The summed E-state index contributed by atoms with van der Waals surface area (Å²) in [6, 6.07) is 3.06. The summed E-state index contributed by atoms with van der Waals surface area (Å²) in [5.74, 6) is 0. The summed E-state index contributed by atoms with van der Waals surface area (Å²) in [5, 5.41) is 0. The quantitative estimate of drug-likeness (QED) is 0.834. The summed E-state index contributed by atoms with van der Waals surface area (Å²) in [5.41, 5.74) is 5.46. The standard InChI is InChI=1S/C14H19BrF3NO/c1-13(2,20-3)7-6-12(19)10-8-9(14(16,17)18)4-5-11(10)15/h4-5,8,12H,6-7,19H2,1-3H3. The normalized spacial score (nSPS) is 14.4. The third-order valence-electron chi connectivity index (χ3n) is 3.33. The van der Waals surface area contributed by atoms with Crippen LogP contribution in [-0.4, -0.2) is 12.7 Å². The number of hydrogen-bond donors (Lipinski definition) is 1. The minimum absolute atomic E-state index is 0.342. The van der Waals surface area contributed by atoms with Crippen molar-refractivity contribution >= 4 is 15.9 Å². The van der Waals surface area contributed by atoms with Gasteiger partial charge in [0.25, 0.3) is 0 Å². The van der Waals surface area contributed by atoms with Gasteiger partial charge in [-0.3, -0.25) is 0 Å². The van der Waals surface area contributed by atoms with Gasteiger partial charge in [-0.1, -0.05) is 15.9 Å². The summed E-state index contributed by atoms with van der Waals surface area (Å²) in [4.78, 5) is 0. The van der Waals surface area contributed by atoms with E-state index in [4.69, 9.17) is 10.5 Å². The van der Waals surface area contributed by atoms with Crippen molar-refractivity contribution in [2.75, 3.05) is 7.11 Å². The van der Waals surface area contributed by atoms with Gasteiger partial charge < -0.3 is 10.5 Å². The van der Waals surface area contributed by atoms with Crippen LogP contribution in [0.3, 0.4) is 0 Å².